The third-order valence-electron chi connectivity index (χ3n) is 2.74. The van der Waals surface area contributed by atoms with E-state index in [2.05, 4.69) is 0 Å². The van der Waals surface area contributed by atoms with Crippen molar-refractivity contribution in [3.8, 4) is 0 Å². The van der Waals surface area contributed by atoms with Gasteiger partial charge >= 0.3 is 0 Å². The van der Waals surface area contributed by atoms with Crippen LogP contribution in [0.5, 0.6) is 0 Å². The molecule has 1 saturated carbocycles. The number of rotatable bonds is 3. The Labute approximate surface area is 82.9 Å². The molecule has 1 aromatic carbocycles. The molecule has 14 heavy (non-hydrogen) atoms. The lowest BCUT2D eigenvalue weighted by molar-refractivity contribution is -0.120. The third-order valence-corrected chi connectivity index (χ3v) is 2.74. The van der Waals surface area contributed by atoms with Crippen molar-refractivity contribution < 1.29 is 9.53 Å². The highest BCUT2D eigenvalue weighted by Gasteiger charge is 2.55. The number of hydrogen-bond donors (Lipinski definition) is 1. The normalized spacial score (nSPS) is 29.9. The van der Waals surface area contributed by atoms with Gasteiger partial charge in [-0.05, 0) is 5.56 Å². The first-order valence-electron chi connectivity index (χ1n) is 4.62. The molecule has 74 valence electrons. The molecule has 0 bridgehead atoms. The van der Waals surface area contributed by atoms with Gasteiger partial charge in [0.25, 0.3) is 0 Å². The van der Waals surface area contributed by atoms with Crippen LogP contribution < -0.4 is 5.73 Å². The van der Waals surface area contributed by atoms with Crippen molar-refractivity contribution in [2.24, 2.45) is 11.7 Å². The number of primary amides is 1. The summed E-state index contributed by atoms with van der Waals surface area (Å²) in [5.74, 6) is -0.271. The van der Waals surface area contributed by atoms with E-state index in [-0.39, 0.29) is 23.8 Å². The maximum absolute atomic E-state index is 11.1. The zero-order valence-corrected chi connectivity index (χ0v) is 8.01. The quantitative estimate of drug-likeness (QED) is 0.771. The summed E-state index contributed by atoms with van der Waals surface area (Å²) in [5, 5.41) is 0. The van der Waals surface area contributed by atoms with Crippen molar-refractivity contribution in [3.63, 3.8) is 0 Å². The molecule has 2 rings (SSSR count). The van der Waals surface area contributed by atoms with Gasteiger partial charge in [-0.15, -0.1) is 0 Å². The molecule has 0 saturated heterocycles. The minimum atomic E-state index is -0.272. The molecule has 0 heterocycles. The van der Waals surface area contributed by atoms with E-state index in [9.17, 15) is 4.79 Å². The summed E-state index contributed by atoms with van der Waals surface area (Å²) >= 11 is 0. The second kappa shape index (κ2) is 3.42. The van der Waals surface area contributed by atoms with Gasteiger partial charge in [0.05, 0.1) is 12.0 Å². The molecule has 2 N–H and O–H groups in total. The van der Waals surface area contributed by atoms with Crippen LogP contribution in [0.1, 0.15) is 11.5 Å². The lowest BCUT2D eigenvalue weighted by atomic mass is 10.1. The highest BCUT2D eigenvalue weighted by molar-refractivity contribution is 5.82. The van der Waals surface area contributed by atoms with Crippen LogP contribution in [0, 0.1) is 5.92 Å². The molecule has 0 unspecified atom stereocenters. The van der Waals surface area contributed by atoms with Crippen LogP contribution in [-0.2, 0) is 9.53 Å². The molecule has 0 aliphatic heterocycles. The monoisotopic (exact) mass is 191 g/mol. The number of nitrogens with two attached hydrogens (primary N) is 1. The van der Waals surface area contributed by atoms with Gasteiger partial charge in [0.2, 0.25) is 5.91 Å². The zero-order chi connectivity index (χ0) is 10.1. The van der Waals surface area contributed by atoms with Crippen LogP contribution in [0.25, 0.3) is 0 Å². The summed E-state index contributed by atoms with van der Waals surface area (Å²) < 4.78 is 5.20. The summed E-state index contributed by atoms with van der Waals surface area (Å²) in [7, 11) is 1.61. The Bertz CT molecular complexity index is 336. The van der Waals surface area contributed by atoms with Crippen molar-refractivity contribution in [3.05, 3.63) is 35.9 Å². The smallest absolute Gasteiger partial charge is 0.223 e. The van der Waals surface area contributed by atoms with Crippen molar-refractivity contribution >= 4 is 5.91 Å². The predicted octanol–water partition coefficient (Wildman–Crippen LogP) is 0.900. The SMILES string of the molecule is CO[C@@H]1[C@@H](C(N)=O)[C@@H]1c1ccccc1. The van der Waals surface area contributed by atoms with Gasteiger partial charge in [0.15, 0.2) is 0 Å². The van der Waals surface area contributed by atoms with E-state index in [0.717, 1.165) is 5.56 Å². The van der Waals surface area contributed by atoms with Gasteiger partial charge in [-0.2, -0.15) is 0 Å². The minimum Gasteiger partial charge on any atom is -0.380 e. The van der Waals surface area contributed by atoms with Crippen LogP contribution in [0.15, 0.2) is 30.3 Å². The Hall–Kier alpha value is -1.35. The largest absolute Gasteiger partial charge is 0.380 e. The van der Waals surface area contributed by atoms with E-state index in [1.807, 2.05) is 30.3 Å². The average molecular weight is 191 g/mol. The predicted molar refractivity (Wildman–Crippen MR) is 52.7 cm³/mol. The first kappa shape index (κ1) is 9.21. The number of methoxy groups -OCH3 is 1. The fourth-order valence-corrected chi connectivity index (χ4v) is 1.99. The fourth-order valence-electron chi connectivity index (χ4n) is 1.99. The molecule has 1 fully saturated rings. The fraction of sp³-hybridized carbons (Fsp3) is 0.364. The molecule has 3 nitrogen and oxygen atoms in total. The van der Waals surface area contributed by atoms with E-state index in [1.54, 1.807) is 7.11 Å². The van der Waals surface area contributed by atoms with Gasteiger partial charge in [0.1, 0.15) is 0 Å². The summed E-state index contributed by atoms with van der Waals surface area (Å²) in [6, 6.07) is 9.86. The summed E-state index contributed by atoms with van der Waals surface area (Å²) in [5.41, 5.74) is 6.40. The van der Waals surface area contributed by atoms with Crippen LogP contribution in [-0.4, -0.2) is 19.1 Å². The van der Waals surface area contributed by atoms with Crippen molar-refractivity contribution in [2.45, 2.75) is 12.0 Å². The molecule has 0 radical (unpaired) electrons. The molecule has 0 spiro atoms. The number of carbonyl (C=O) groups excluding carboxylic acids is 1. The lowest BCUT2D eigenvalue weighted by Gasteiger charge is -1.96. The van der Waals surface area contributed by atoms with E-state index < -0.39 is 0 Å². The van der Waals surface area contributed by atoms with Crippen LogP contribution >= 0.6 is 0 Å². The Morgan fingerprint density at radius 1 is 1.36 bits per heavy atom. The first-order valence-corrected chi connectivity index (χ1v) is 4.62. The Balaban J connectivity index is 2.18. The summed E-state index contributed by atoms with van der Waals surface area (Å²) in [6.45, 7) is 0. The second-order valence-corrected chi connectivity index (χ2v) is 3.56. The molecule has 3 atom stereocenters. The molecule has 3 heteroatoms. The summed E-state index contributed by atoms with van der Waals surface area (Å²) in [6.07, 6.45) is -0.0325. The molecular weight excluding hydrogens is 178 g/mol. The maximum Gasteiger partial charge on any atom is 0.223 e. The Kier molecular flexibility index (Phi) is 2.25. The molecule has 0 aromatic heterocycles. The number of carbonyl (C=O) groups is 1. The maximum atomic E-state index is 11.1. The van der Waals surface area contributed by atoms with E-state index >= 15 is 0 Å². The second-order valence-electron chi connectivity index (χ2n) is 3.56. The Morgan fingerprint density at radius 2 is 2.00 bits per heavy atom. The number of hydrogen-bond acceptors (Lipinski definition) is 2. The lowest BCUT2D eigenvalue weighted by Crippen LogP contribution is -2.16. The highest BCUT2D eigenvalue weighted by atomic mass is 16.5. The van der Waals surface area contributed by atoms with Crippen molar-refractivity contribution in [1.82, 2.24) is 0 Å². The van der Waals surface area contributed by atoms with Crippen LogP contribution in [0.4, 0.5) is 0 Å². The minimum absolute atomic E-state index is 0.0325. The Morgan fingerprint density at radius 3 is 2.43 bits per heavy atom. The first-order chi connectivity index (χ1) is 6.75. The number of benzene rings is 1. The summed E-state index contributed by atoms with van der Waals surface area (Å²) in [4.78, 5) is 11.1. The van der Waals surface area contributed by atoms with Gasteiger partial charge < -0.3 is 10.5 Å². The van der Waals surface area contributed by atoms with E-state index in [1.165, 1.54) is 0 Å². The zero-order valence-electron chi connectivity index (χ0n) is 8.01. The van der Waals surface area contributed by atoms with Gasteiger partial charge in [-0.3, -0.25) is 4.79 Å². The molecule has 1 aliphatic rings. The van der Waals surface area contributed by atoms with E-state index in [4.69, 9.17) is 10.5 Å². The van der Waals surface area contributed by atoms with Crippen LogP contribution in [0.3, 0.4) is 0 Å². The number of amides is 1. The van der Waals surface area contributed by atoms with Crippen molar-refractivity contribution in [2.75, 3.05) is 7.11 Å². The van der Waals surface area contributed by atoms with Crippen molar-refractivity contribution in [1.29, 1.82) is 0 Å². The topological polar surface area (TPSA) is 52.3 Å². The highest BCUT2D eigenvalue weighted by Crippen LogP contribution is 2.49. The van der Waals surface area contributed by atoms with Crippen LogP contribution in [0.2, 0.25) is 0 Å². The average Bonchev–Trinajstić information content (AvgIpc) is 2.93. The number of ether oxygens (including phenoxy) is 1. The van der Waals surface area contributed by atoms with Gasteiger partial charge in [-0.1, -0.05) is 30.3 Å². The molecule has 1 amide bonds. The molecule has 1 aromatic rings. The molecule has 1 aliphatic carbocycles. The third kappa shape index (κ3) is 1.40. The standard InChI is InChI=1S/C11H13NO2/c1-14-10-8(9(10)11(12)13)7-5-3-2-4-6-7/h2-6,8-10H,1H3,(H2,12,13)/t8-,9-,10-/m0/s1. The van der Waals surface area contributed by atoms with Gasteiger partial charge in [-0.25, -0.2) is 0 Å². The molecular formula is C11H13NO2. The van der Waals surface area contributed by atoms with Gasteiger partial charge in [0, 0.05) is 13.0 Å². The van der Waals surface area contributed by atoms with E-state index in [0.29, 0.717) is 0 Å².